The number of nitrogens with one attached hydrogen (secondary N) is 2. The van der Waals surface area contributed by atoms with Crippen LogP contribution in [0.1, 0.15) is 16.7 Å². The first-order valence-electron chi connectivity index (χ1n) is 10.2. The highest BCUT2D eigenvalue weighted by molar-refractivity contribution is 14.0. The van der Waals surface area contributed by atoms with Crippen molar-refractivity contribution in [3.05, 3.63) is 53.1 Å². The third-order valence-electron chi connectivity index (χ3n) is 5.37. The van der Waals surface area contributed by atoms with Crippen molar-refractivity contribution < 1.29 is 23.0 Å². The average molecular weight is 560 g/mol. The Bertz CT molecular complexity index is 945. The van der Waals surface area contributed by atoms with Crippen LogP contribution in [0.2, 0.25) is 0 Å². The lowest BCUT2D eigenvalue weighted by atomic mass is 10.00. The Morgan fingerprint density at radius 3 is 2.66 bits per heavy atom. The van der Waals surface area contributed by atoms with Gasteiger partial charge in [-0.05, 0) is 23.6 Å². The van der Waals surface area contributed by atoms with Crippen LogP contribution in [0.15, 0.2) is 41.4 Å². The number of nitrogens with zero attached hydrogens (tertiary/aromatic N) is 2. The van der Waals surface area contributed by atoms with Crippen LogP contribution in [-0.2, 0) is 19.5 Å². The molecule has 2 aromatic rings. The van der Waals surface area contributed by atoms with Crippen molar-refractivity contribution >= 4 is 29.9 Å². The highest BCUT2D eigenvalue weighted by atomic mass is 127. The van der Waals surface area contributed by atoms with Gasteiger partial charge in [-0.1, -0.05) is 24.3 Å². The SMILES string of the molecule is CN=C(NCCN1CCc2ccccc2C1)NCc1cc2c(cc1OC(F)F)OCO2.I. The largest absolute Gasteiger partial charge is 0.454 e. The monoisotopic (exact) mass is 560 g/mol. The van der Waals surface area contributed by atoms with Crippen LogP contribution in [0.4, 0.5) is 8.78 Å². The molecule has 2 N–H and O–H groups in total. The zero-order valence-electron chi connectivity index (χ0n) is 17.8. The molecule has 0 unspecified atom stereocenters. The zero-order chi connectivity index (χ0) is 21.6. The Kier molecular flexibility index (Phi) is 8.74. The molecule has 2 aromatic carbocycles. The fourth-order valence-electron chi connectivity index (χ4n) is 3.79. The second-order valence-corrected chi connectivity index (χ2v) is 7.34. The number of halogens is 3. The molecule has 0 bridgehead atoms. The molecule has 7 nitrogen and oxygen atoms in total. The second kappa shape index (κ2) is 11.5. The summed E-state index contributed by atoms with van der Waals surface area (Å²) in [5.41, 5.74) is 3.33. The minimum absolute atomic E-state index is 0. The summed E-state index contributed by atoms with van der Waals surface area (Å²) in [7, 11) is 1.67. The van der Waals surface area contributed by atoms with E-state index < -0.39 is 6.61 Å². The summed E-state index contributed by atoms with van der Waals surface area (Å²) in [6, 6.07) is 11.6. The van der Waals surface area contributed by atoms with E-state index in [1.54, 1.807) is 13.1 Å². The summed E-state index contributed by atoms with van der Waals surface area (Å²) < 4.78 is 40.8. The first-order chi connectivity index (χ1) is 15.1. The summed E-state index contributed by atoms with van der Waals surface area (Å²) >= 11 is 0. The standard InChI is InChI=1S/C22H26F2N4O3.HI/c1-25-22(26-7-9-28-8-6-15-4-2-3-5-16(15)13-28)27-12-17-10-19-20(30-14-29-19)11-18(17)31-21(23)24;/h2-5,10-11,21H,6-9,12-14H2,1H3,(H2,25,26,27);1H. The number of guanidine groups is 1. The van der Waals surface area contributed by atoms with Crippen LogP contribution >= 0.6 is 24.0 Å². The number of hydrogen-bond acceptors (Lipinski definition) is 5. The molecule has 0 amide bonds. The second-order valence-electron chi connectivity index (χ2n) is 7.34. The van der Waals surface area contributed by atoms with Crippen molar-refractivity contribution in [2.45, 2.75) is 26.1 Å². The maximum Gasteiger partial charge on any atom is 0.387 e. The number of fused-ring (bicyclic) bond motifs is 2. The molecule has 0 spiro atoms. The summed E-state index contributed by atoms with van der Waals surface area (Å²) in [6.07, 6.45) is 1.06. The molecule has 0 aliphatic carbocycles. The molecule has 0 saturated heterocycles. The van der Waals surface area contributed by atoms with Crippen LogP contribution < -0.4 is 24.8 Å². The molecule has 0 fully saturated rings. The summed E-state index contributed by atoms with van der Waals surface area (Å²) in [5, 5.41) is 6.42. The van der Waals surface area contributed by atoms with Gasteiger partial charge in [0.15, 0.2) is 17.5 Å². The van der Waals surface area contributed by atoms with E-state index in [4.69, 9.17) is 9.47 Å². The Labute approximate surface area is 203 Å². The molecule has 0 atom stereocenters. The van der Waals surface area contributed by atoms with Crippen molar-refractivity contribution in [1.29, 1.82) is 0 Å². The fourth-order valence-corrected chi connectivity index (χ4v) is 3.79. The number of ether oxygens (including phenoxy) is 3. The van der Waals surface area contributed by atoms with Gasteiger partial charge < -0.3 is 24.8 Å². The zero-order valence-corrected chi connectivity index (χ0v) is 20.1. The fraction of sp³-hybridized carbons (Fsp3) is 0.409. The van der Waals surface area contributed by atoms with Gasteiger partial charge in [0.05, 0.1) is 0 Å². The number of rotatable bonds is 7. The van der Waals surface area contributed by atoms with Gasteiger partial charge in [-0.2, -0.15) is 8.78 Å². The molecule has 4 rings (SSSR count). The van der Waals surface area contributed by atoms with Crippen LogP contribution in [0.3, 0.4) is 0 Å². The first kappa shape index (κ1) is 24.3. The van der Waals surface area contributed by atoms with Gasteiger partial charge in [-0.3, -0.25) is 9.89 Å². The number of alkyl halides is 2. The van der Waals surface area contributed by atoms with Gasteiger partial charge in [0.1, 0.15) is 5.75 Å². The van der Waals surface area contributed by atoms with Crippen LogP contribution in [0.5, 0.6) is 17.2 Å². The van der Waals surface area contributed by atoms with E-state index in [-0.39, 0.29) is 43.1 Å². The Balaban J connectivity index is 0.00000289. The lowest BCUT2D eigenvalue weighted by Gasteiger charge is -2.28. The smallest absolute Gasteiger partial charge is 0.387 e. The predicted octanol–water partition coefficient (Wildman–Crippen LogP) is 3.36. The van der Waals surface area contributed by atoms with Crippen molar-refractivity contribution in [2.75, 3.05) is 33.5 Å². The summed E-state index contributed by atoms with van der Waals surface area (Å²) in [5.74, 6) is 1.53. The lowest BCUT2D eigenvalue weighted by Crippen LogP contribution is -2.42. The molecule has 0 saturated carbocycles. The molecule has 2 aliphatic heterocycles. The van der Waals surface area contributed by atoms with E-state index in [1.807, 2.05) is 0 Å². The van der Waals surface area contributed by atoms with Crippen molar-refractivity contribution in [3.63, 3.8) is 0 Å². The van der Waals surface area contributed by atoms with Gasteiger partial charge >= 0.3 is 6.61 Å². The van der Waals surface area contributed by atoms with E-state index in [0.717, 1.165) is 26.1 Å². The Hall–Kier alpha value is -2.34. The molecule has 32 heavy (non-hydrogen) atoms. The highest BCUT2D eigenvalue weighted by Gasteiger charge is 2.20. The molecule has 2 aliphatic rings. The normalized spacial score (nSPS) is 15.2. The van der Waals surface area contributed by atoms with Crippen molar-refractivity contribution in [2.24, 2.45) is 4.99 Å². The third-order valence-corrected chi connectivity index (χ3v) is 5.37. The topological polar surface area (TPSA) is 67.4 Å². The summed E-state index contributed by atoms with van der Waals surface area (Å²) in [6.45, 7) is 0.930. The molecule has 0 radical (unpaired) electrons. The first-order valence-corrected chi connectivity index (χ1v) is 10.2. The van der Waals surface area contributed by atoms with E-state index >= 15 is 0 Å². The lowest BCUT2D eigenvalue weighted by molar-refractivity contribution is -0.0505. The maximum absolute atomic E-state index is 12.8. The minimum atomic E-state index is -2.92. The van der Waals surface area contributed by atoms with Gasteiger partial charge in [0.25, 0.3) is 0 Å². The third kappa shape index (κ3) is 6.12. The molecule has 174 valence electrons. The number of aliphatic imine (C=N–C) groups is 1. The molecule has 2 heterocycles. The van der Waals surface area contributed by atoms with E-state index in [2.05, 4.69) is 49.5 Å². The molecule has 0 aromatic heterocycles. The van der Waals surface area contributed by atoms with E-state index in [1.165, 1.54) is 17.2 Å². The van der Waals surface area contributed by atoms with Crippen LogP contribution in [-0.4, -0.2) is 50.9 Å². The van der Waals surface area contributed by atoms with Crippen molar-refractivity contribution in [3.8, 4) is 17.2 Å². The molecule has 10 heteroatoms. The van der Waals surface area contributed by atoms with E-state index in [0.29, 0.717) is 29.6 Å². The highest BCUT2D eigenvalue weighted by Crippen LogP contribution is 2.38. The molecular weight excluding hydrogens is 533 g/mol. The van der Waals surface area contributed by atoms with Crippen molar-refractivity contribution in [1.82, 2.24) is 15.5 Å². The van der Waals surface area contributed by atoms with Gasteiger partial charge in [0.2, 0.25) is 6.79 Å². The Morgan fingerprint density at radius 2 is 1.91 bits per heavy atom. The van der Waals surface area contributed by atoms with Gasteiger partial charge in [-0.15, -0.1) is 24.0 Å². The predicted molar refractivity (Wildman–Crippen MR) is 128 cm³/mol. The average Bonchev–Trinajstić information content (AvgIpc) is 3.22. The number of benzene rings is 2. The maximum atomic E-state index is 12.8. The van der Waals surface area contributed by atoms with Gasteiger partial charge in [-0.25, -0.2) is 0 Å². The van der Waals surface area contributed by atoms with Crippen LogP contribution in [0.25, 0.3) is 0 Å². The Morgan fingerprint density at radius 1 is 1.16 bits per heavy atom. The van der Waals surface area contributed by atoms with E-state index in [9.17, 15) is 8.78 Å². The van der Waals surface area contributed by atoms with Gasteiger partial charge in [0, 0.05) is 51.4 Å². The summed E-state index contributed by atoms with van der Waals surface area (Å²) in [4.78, 5) is 6.61. The number of hydrogen-bond donors (Lipinski definition) is 2. The molecular formula is C22H27F2IN4O3. The van der Waals surface area contributed by atoms with Crippen LogP contribution in [0, 0.1) is 0 Å². The minimum Gasteiger partial charge on any atom is -0.454 e. The quantitative estimate of drug-likeness (QED) is 0.308.